The minimum Gasteiger partial charge on any atom is -0.346 e. The van der Waals surface area contributed by atoms with Crippen molar-refractivity contribution >= 4 is 33.8 Å². The lowest BCUT2D eigenvalue weighted by Crippen LogP contribution is -2.40. The Hall–Kier alpha value is -2.12. The molecule has 4 heteroatoms. The highest BCUT2D eigenvalue weighted by molar-refractivity contribution is 7.80. The van der Waals surface area contributed by atoms with Crippen molar-refractivity contribution in [3.05, 3.63) is 42.5 Å². The molecule has 108 valence electrons. The Morgan fingerprint density at radius 2 is 1.95 bits per heavy atom. The van der Waals surface area contributed by atoms with Crippen LogP contribution >= 0.6 is 12.2 Å². The monoisotopic (exact) mass is 297 g/mol. The van der Waals surface area contributed by atoms with Crippen molar-refractivity contribution < 1.29 is 0 Å². The number of hydrogen-bond donors (Lipinski definition) is 1. The first-order valence-corrected chi connectivity index (χ1v) is 7.46. The van der Waals surface area contributed by atoms with Gasteiger partial charge in [-0.25, -0.2) is 0 Å². The van der Waals surface area contributed by atoms with Gasteiger partial charge in [-0.1, -0.05) is 36.4 Å². The predicted molar refractivity (Wildman–Crippen MR) is 92.2 cm³/mol. The van der Waals surface area contributed by atoms with E-state index in [0.717, 1.165) is 11.1 Å². The molecular weight excluding hydrogens is 278 g/mol. The molecule has 0 aliphatic rings. The van der Waals surface area contributed by atoms with Crippen molar-refractivity contribution in [3.8, 4) is 6.07 Å². The summed E-state index contributed by atoms with van der Waals surface area (Å²) in [6.45, 7) is 4.80. The maximum atomic E-state index is 8.77. The molecule has 0 aromatic heterocycles. The number of fused-ring (bicyclic) bond motifs is 1. The number of benzene rings is 2. The second-order valence-electron chi connectivity index (χ2n) is 5.15. The molecule has 0 spiro atoms. The maximum absolute atomic E-state index is 8.77. The molecule has 21 heavy (non-hydrogen) atoms. The topological polar surface area (TPSA) is 39.1 Å². The molecule has 0 radical (unpaired) electrons. The van der Waals surface area contributed by atoms with Crippen molar-refractivity contribution in [2.75, 3.05) is 11.9 Å². The van der Waals surface area contributed by atoms with E-state index in [1.165, 1.54) is 5.39 Å². The highest BCUT2D eigenvalue weighted by atomic mass is 32.1. The van der Waals surface area contributed by atoms with E-state index in [0.29, 0.717) is 18.1 Å². The first-order valence-electron chi connectivity index (χ1n) is 7.06. The van der Waals surface area contributed by atoms with Crippen molar-refractivity contribution in [2.45, 2.75) is 26.3 Å². The quantitative estimate of drug-likeness (QED) is 0.860. The average molecular weight is 297 g/mol. The van der Waals surface area contributed by atoms with Crippen LogP contribution in [0.15, 0.2) is 42.5 Å². The fourth-order valence-corrected chi connectivity index (χ4v) is 2.70. The predicted octanol–water partition coefficient (Wildman–Crippen LogP) is 4.16. The van der Waals surface area contributed by atoms with Crippen molar-refractivity contribution in [3.63, 3.8) is 0 Å². The van der Waals surface area contributed by atoms with Crippen LogP contribution in [0.5, 0.6) is 0 Å². The molecule has 2 aromatic rings. The molecule has 2 rings (SSSR count). The summed E-state index contributed by atoms with van der Waals surface area (Å²) in [4.78, 5) is 2.04. The third kappa shape index (κ3) is 3.71. The van der Waals surface area contributed by atoms with Gasteiger partial charge in [-0.2, -0.15) is 5.26 Å². The Labute approximate surface area is 131 Å². The van der Waals surface area contributed by atoms with Gasteiger partial charge in [0.25, 0.3) is 0 Å². The minimum atomic E-state index is 0.258. The zero-order valence-corrected chi connectivity index (χ0v) is 13.2. The first kappa shape index (κ1) is 15.3. The Morgan fingerprint density at radius 3 is 2.67 bits per heavy atom. The van der Waals surface area contributed by atoms with E-state index in [-0.39, 0.29) is 6.04 Å². The Kier molecular flexibility index (Phi) is 5.13. The van der Waals surface area contributed by atoms with E-state index in [2.05, 4.69) is 43.4 Å². The van der Waals surface area contributed by atoms with E-state index in [1.807, 2.05) is 29.2 Å². The third-order valence-corrected chi connectivity index (χ3v) is 3.72. The van der Waals surface area contributed by atoms with Crippen molar-refractivity contribution in [1.82, 2.24) is 4.90 Å². The number of nitrogens with one attached hydrogen (secondary N) is 1. The summed E-state index contributed by atoms with van der Waals surface area (Å²) in [5.41, 5.74) is 1.00. The van der Waals surface area contributed by atoms with Crippen LogP contribution in [-0.4, -0.2) is 22.6 Å². The summed E-state index contributed by atoms with van der Waals surface area (Å²) in [6, 6.07) is 16.8. The van der Waals surface area contributed by atoms with Gasteiger partial charge >= 0.3 is 0 Å². The summed E-state index contributed by atoms with van der Waals surface area (Å²) in [6.07, 6.45) is 0.468. The van der Waals surface area contributed by atoms with Crippen LogP contribution in [-0.2, 0) is 0 Å². The Bertz CT molecular complexity index is 668. The number of anilines is 1. The van der Waals surface area contributed by atoms with Crippen LogP contribution < -0.4 is 5.32 Å². The highest BCUT2D eigenvalue weighted by Crippen LogP contribution is 2.23. The molecule has 0 fully saturated rings. The second kappa shape index (κ2) is 7.05. The van der Waals surface area contributed by atoms with Crippen molar-refractivity contribution in [2.24, 2.45) is 0 Å². The van der Waals surface area contributed by atoms with Gasteiger partial charge < -0.3 is 10.2 Å². The fraction of sp³-hybridized carbons (Fsp3) is 0.294. The molecule has 3 nitrogen and oxygen atoms in total. The Balaban J connectivity index is 2.22. The summed E-state index contributed by atoms with van der Waals surface area (Å²) < 4.78 is 0. The smallest absolute Gasteiger partial charge is 0.173 e. The molecule has 0 saturated heterocycles. The molecule has 1 N–H and O–H groups in total. The van der Waals surface area contributed by atoms with Gasteiger partial charge in [0.05, 0.1) is 12.5 Å². The van der Waals surface area contributed by atoms with Crippen molar-refractivity contribution in [1.29, 1.82) is 5.26 Å². The molecule has 0 bridgehead atoms. The summed E-state index contributed by atoms with van der Waals surface area (Å²) in [7, 11) is 0. The lowest BCUT2D eigenvalue weighted by atomic mass is 10.1. The van der Waals surface area contributed by atoms with Gasteiger partial charge in [-0.15, -0.1) is 0 Å². The molecule has 0 amide bonds. The lowest BCUT2D eigenvalue weighted by molar-refractivity contribution is 0.362. The number of thiocarbonyl (C=S) groups is 1. The van der Waals surface area contributed by atoms with Crippen LogP contribution in [0.25, 0.3) is 10.8 Å². The minimum absolute atomic E-state index is 0.258. The van der Waals surface area contributed by atoms with Crippen LogP contribution in [0.3, 0.4) is 0 Å². The normalized spacial score (nSPS) is 10.4. The summed E-state index contributed by atoms with van der Waals surface area (Å²) in [5.74, 6) is 0. The number of nitriles is 1. The largest absolute Gasteiger partial charge is 0.346 e. The van der Waals surface area contributed by atoms with E-state index < -0.39 is 0 Å². The lowest BCUT2D eigenvalue weighted by Gasteiger charge is -2.29. The van der Waals surface area contributed by atoms with Crippen LogP contribution in [0, 0.1) is 11.3 Å². The second-order valence-corrected chi connectivity index (χ2v) is 5.54. The molecule has 0 aliphatic carbocycles. The standard InChI is InChI=1S/C17H19N3S/c1-13(2)20(12-6-11-18)17(21)19-16-10-5-8-14-7-3-4-9-15(14)16/h3-5,7-10,13H,6,12H2,1-2H3,(H,19,21). The average Bonchev–Trinajstić information content (AvgIpc) is 2.47. The SMILES string of the molecule is CC(C)N(CCC#N)C(=S)Nc1cccc2ccccc12. The molecule has 0 atom stereocenters. The highest BCUT2D eigenvalue weighted by Gasteiger charge is 2.13. The van der Waals surface area contributed by atoms with Gasteiger partial charge in [0.15, 0.2) is 5.11 Å². The van der Waals surface area contributed by atoms with Gasteiger partial charge in [-0.05, 0) is 37.5 Å². The fourth-order valence-electron chi connectivity index (χ4n) is 2.29. The van der Waals surface area contributed by atoms with Crippen LogP contribution in [0.1, 0.15) is 20.3 Å². The van der Waals surface area contributed by atoms with Crippen LogP contribution in [0.2, 0.25) is 0 Å². The third-order valence-electron chi connectivity index (χ3n) is 3.38. The molecule has 0 unspecified atom stereocenters. The number of hydrogen-bond acceptors (Lipinski definition) is 2. The summed E-state index contributed by atoms with van der Waals surface area (Å²) >= 11 is 5.52. The van der Waals surface area contributed by atoms with E-state index in [4.69, 9.17) is 17.5 Å². The summed E-state index contributed by atoms with van der Waals surface area (Å²) in [5, 5.41) is 15.1. The van der Waals surface area contributed by atoms with E-state index >= 15 is 0 Å². The first-order chi connectivity index (χ1) is 10.1. The van der Waals surface area contributed by atoms with Gasteiger partial charge in [0, 0.05) is 23.7 Å². The number of rotatable bonds is 4. The van der Waals surface area contributed by atoms with Gasteiger partial charge in [-0.3, -0.25) is 0 Å². The van der Waals surface area contributed by atoms with E-state index in [9.17, 15) is 0 Å². The van der Waals surface area contributed by atoms with Gasteiger partial charge in [0.2, 0.25) is 0 Å². The molecular formula is C17H19N3S. The molecule has 0 aliphatic heterocycles. The number of nitrogens with zero attached hydrogens (tertiary/aromatic N) is 2. The van der Waals surface area contributed by atoms with E-state index in [1.54, 1.807) is 0 Å². The zero-order valence-electron chi connectivity index (χ0n) is 12.3. The molecule has 0 heterocycles. The zero-order chi connectivity index (χ0) is 15.2. The Morgan fingerprint density at radius 1 is 1.24 bits per heavy atom. The molecule has 2 aromatic carbocycles. The molecule has 0 saturated carbocycles. The maximum Gasteiger partial charge on any atom is 0.173 e. The van der Waals surface area contributed by atoms with Gasteiger partial charge in [0.1, 0.15) is 0 Å². The van der Waals surface area contributed by atoms with Crippen LogP contribution in [0.4, 0.5) is 5.69 Å².